The van der Waals surface area contributed by atoms with Crippen molar-refractivity contribution in [2.45, 2.75) is 43.8 Å². The van der Waals surface area contributed by atoms with Crippen LogP contribution in [0.1, 0.15) is 49.2 Å². The molecule has 3 aromatic rings. The number of nitrogens with one attached hydrogen (secondary N) is 1. The van der Waals surface area contributed by atoms with Gasteiger partial charge in [0.1, 0.15) is 5.75 Å². The zero-order chi connectivity index (χ0) is 20.5. The molecule has 0 amide bonds. The van der Waals surface area contributed by atoms with Crippen LogP contribution >= 0.6 is 12.2 Å². The number of hydrogen-bond donors (Lipinski definition) is 1. The molecule has 0 spiro atoms. The molecule has 30 heavy (non-hydrogen) atoms. The molecule has 154 valence electrons. The molecule has 5 nitrogen and oxygen atoms in total. The quantitative estimate of drug-likeness (QED) is 0.603. The fourth-order valence-electron chi connectivity index (χ4n) is 4.94. The van der Waals surface area contributed by atoms with Crippen LogP contribution in [0.4, 0.5) is 0 Å². The van der Waals surface area contributed by atoms with Gasteiger partial charge in [-0.15, -0.1) is 0 Å². The van der Waals surface area contributed by atoms with Crippen LogP contribution < -0.4 is 10.1 Å². The molecule has 0 unspecified atom stereocenters. The lowest BCUT2D eigenvalue weighted by Gasteiger charge is -2.33. The summed E-state index contributed by atoms with van der Waals surface area (Å²) in [7, 11) is 1.72. The molecule has 2 aromatic heterocycles. The van der Waals surface area contributed by atoms with Gasteiger partial charge in [-0.25, -0.2) is 0 Å². The summed E-state index contributed by atoms with van der Waals surface area (Å²) in [6.07, 6.45) is 8.85. The van der Waals surface area contributed by atoms with Gasteiger partial charge in [-0.1, -0.05) is 31.0 Å². The van der Waals surface area contributed by atoms with Crippen molar-refractivity contribution in [1.29, 1.82) is 0 Å². The fraction of sp³-hybridized carbons (Fsp3) is 0.333. The highest BCUT2D eigenvalue weighted by Gasteiger charge is 2.44. The standard InChI is InChI=1S/C24H26N4OS/c1-29-21-14-5-4-12-19(21)27-16-8-13-20(27)23-22(18-11-6-7-15-25-18)26-24(30)28(23)17-9-2-3-10-17/h4-8,11-17,22-23H,2-3,9-10H2,1H3,(H,26,30)/t22-,23+/m0/s1. The maximum Gasteiger partial charge on any atom is 0.170 e. The van der Waals surface area contributed by atoms with Crippen molar-refractivity contribution < 1.29 is 4.74 Å². The molecule has 0 bridgehead atoms. The molecule has 1 aliphatic heterocycles. The molecule has 1 aliphatic carbocycles. The number of pyridine rings is 1. The Morgan fingerprint density at radius 1 is 1.03 bits per heavy atom. The van der Waals surface area contributed by atoms with Crippen molar-refractivity contribution >= 4 is 17.3 Å². The van der Waals surface area contributed by atoms with Gasteiger partial charge in [0.05, 0.1) is 30.6 Å². The van der Waals surface area contributed by atoms with E-state index in [0.717, 1.165) is 22.2 Å². The number of rotatable bonds is 5. The van der Waals surface area contributed by atoms with Gasteiger partial charge in [-0.2, -0.15) is 0 Å². The molecule has 6 heteroatoms. The Morgan fingerprint density at radius 2 is 1.83 bits per heavy atom. The zero-order valence-electron chi connectivity index (χ0n) is 17.1. The van der Waals surface area contributed by atoms with Crippen LogP contribution in [0.25, 0.3) is 5.69 Å². The van der Waals surface area contributed by atoms with Gasteiger partial charge in [0, 0.05) is 24.1 Å². The topological polar surface area (TPSA) is 42.3 Å². The zero-order valence-corrected chi connectivity index (χ0v) is 17.9. The van der Waals surface area contributed by atoms with Gasteiger partial charge in [-0.05, 0) is 61.5 Å². The predicted octanol–water partition coefficient (Wildman–Crippen LogP) is 4.80. The molecular formula is C24H26N4OS. The molecule has 2 fully saturated rings. The summed E-state index contributed by atoms with van der Waals surface area (Å²) in [4.78, 5) is 7.10. The lowest BCUT2D eigenvalue weighted by atomic mass is 9.99. The highest BCUT2D eigenvalue weighted by molar-refractivity contribution is 7.80. The van der Waals surface area contributed by atoms with Crippen LogP contribution in [-0.2, 0) is 0 Å². The summed E-state index contributed by atoms with van der Waals surface area (Å²) in [5.41, 5.74) is 3.23. The number of aromatic nitrogens is 2. The summed E-state index contributed by atoms with van der Waals surface area (Å²) in [6.45, 7) is 0. The van der Waals surface area contributed by atoms with E-state index in [2.05, 4.69) is 50.2 Å². The Morgan fingerprint density at radius 3 is 2.60 bits per heavy atom. The minimum Gasteiger partial charge on any atom is -0.495 e. The SMILES string of the molecule is COc1ccccc1-n1cccc1[C@@H]1[C@H](c2ccccn2)NC(=S)N1C1CCCC1. The summed E-state index contributed by atoms with van der Waals surface area (Å²) in [5.74, 6) is 0.852. The Kier molecular flexibility index (Phi) is 5.17. The number of nitrogens with zero attached hydrogens (tertiary/aromatic N) is 3. The van der Waals surface area contributed by atoms with Crippen molar-refractivity contribution in [3.05, 3.63) is 78.4 Å². The van der Waals surface area contributed by atoms with E-state index in [9.17, 15) is 0 Å². The lowest BCUT2D eigenvalue weighted by Crippen LogP contribution is -2.38. The monoisotopic (exact) mass is 418 g/mol. The van der Waals surface area contributed by atoms with Gasteiger partial charge < -0.3 is 19.5 Å². The Hall–Kier alpha value is -2.86. The average Bonchev–Trinajstić information content (AvgIpc) is 3.53. The molecule has 2 atom stereocenters. The average molecular weight is 419 g/mol. The molecular weight excluding hydrogens is 392 g/mol. The largest absolute Gasteiger partial charge is 0.495 e. The maximum absolute atomic E-state index is 5.87. The van der Waals surface area contributed by atoms with E-state index < -0.39 is 0 Å². The van der Waals surface area contributed by atoms with Gasteiger partial charge in [-0.3, -0.25) is 4.98 Å². The van der Waals surface area contributed by atoms with Crippen molar-refractivity contribution in [2.75, 3.05) is 7.11 Å². The first-order valence-corrected chi connectivity index (χ1v) is 11.0. The van der Waals surface area contributed by atoms with Crippen molar-refractivity contribution in [2.24, 2.45) is 0 Å². The molecule has 1 saturated carbocycles. The van der Waals surface area contributed by atoms with E-state index in [1.54, 1.807) is 7.11 Å². The predicted molar refractivity (Wildman–Crippen MR) is 122 cm³/mol. The van der Waals surface area contributed by atoms with Crippen LogP contribution in [0.3, 0.4) is 0 Å². The minimum atomic E-state index is 0.00246. The third-order valence-electron chi connectivity index (χ3n) is 6.28. The Balaban J connectivity index is 1.64. The van der Waals surface area contributed by atoms with Crippen molar-refractivity contribution in [3.8, 4) is 11.4 Å². The lowest BCUT2D eigenvalue weighted by molar-refractivity contribution is 0.239. The molecule has 3 heterocycles. The van der Waals surface area contributed by atoms with Gasteiger partial charge >= 0.3 is 0 Å². The molecule has 5 rings (SSSR count). The number of benzene rings is 1. The first-order chi connectivity index (χ1) is 14.8. The van der Waals surface area contributed by atoms with E-state index in [0.29, 0.717) is 6.04 Å². The molecule has 2 aliphatic rings. The molecule has 1 aromatic carbocycles. The highest BCUT2D eigenvalue weighted by atomic mass is 32.1. The fourth-order valence-corrected chi connectivity index (χ4v) is 5.33. The molecule has 0 radical (unpaired) electrons. The van der Waals surface area contributed by atoms with E-state index in [4.69, 9.17) is 17.0 Å². The second-order valence-electron chi connectivity index (χ2n) is 7.95. The van der Waals surface area contributed by atoms with Gasteiger partial charge in [0.25, 0.3) is 0 Å². The third kappa shape index (κ3) is 3.25. The normalized spacial score (nSPS) is 21.8. The third-order valence-corrected chi connectivity index (χ3v) is 6.61. The summed E-state index contributed by atoms with van der Waals surface area (Å²) in [6, 6.07) is 19.1. The van der Waals surface area contributed by atoms with Crippen LogP contribution in [-0.4, -0.2) is 32.7 Å². The van der Waals surface area contributed by atoms with Crippen LogP contribution in [0.2, 0.25) is 0 Å². The summed E-state index contributed by atoms with van der Waals surface area (Å²) < 4.78 is 7.89. The van der Waals surface area contributed by atoms with Gasteiger partial charge in [0.2, 0.25) is 0 Å². The number of ether oxygens (including phenoxy) is 1. The van der Waals surface area contributed by atoms with E-state index in [1.165, 1.54) is 31.4 Å². The first-order valence-electron chi connectivity index (χ1n) is 10.6. The molecule has 1 N–H and O–H groups in total. The maximum atomic E-state index is 5.87. The summed E-state index contributed by atoms with van der Waals surface area (Å²) in [5, 5.41) is 4.42. The number of hydrogen-bond acceptors (Lipinski definition) is 3. The van der Waals surface area contributed by atoms with Crippen LogP contribution in [0.5, 0.6) is 5.75 Å². The van der Waals surface area contributed by atoms with Crippen molar-refractivity contribution in [3.63, 3.8) is 0 Å². The first kappa shape index (κ1) is 19.1. The second kappa shape index (κ2) is 8.11. The van der Waals surface area contributed by atoms with E-state index >= 15 is 0 Å². The van der Waals surface area contributed by atoms with Crippen LogP contribution in [0.15, 0.2) is 67.0 Å². The highest BCUT2D eigenvalue weighted by Crippen LogP contribution is 2.43. The smallest absolute Gasteiger partial charge is 0.170 e. The van der Waals surface area contributed by atoms with Crippen LogP contribution in [0, 0.1) is 0 Å². The minimum absolute atomic E-state index is 0.00246. The van der Waals surface area contributed by atoms with E-state index in [1.807, 2.05) is 36.5 Å². The number of para-hydroxylation sites is 2. The Bertz CT molecular complexity index is 1030. The summed E-state index contributed by atoms with van der Waals surface area (Å²) >= 11 is 5.87. The van der Waals surface area contributed by atoms with Gasteiger partial charge in [0.15, 0.2) is 5.11 Å². The number of methoxy groups -OCH3 is 1. The van der Waals surface area contributed by atoms with E-state index in [-0.39, 0.29) is 12.1 Å². The number of thiocarbonyl (C=S) groups is 1. The second-order valence-corrected chi connectivity index (χ2v) is 8.33. The van der Waals surface area contributed by atoms with Crippen molar-refractivity contribution in [1.82, 2.24) is 19.8 Å². The molecule has 1 saturated heterocycles. The Labute approximate surface area is 182 Å².